The highest BCUT2D eigenvalue weighted by molar-refractivity contribution is 5.86. The van der Waals surface area contributed by atoms with Crippen molar-refractivity contribution in [2.45, 2.75) is 13.0 Å². The number of nitrogens with two attached hydrogens (primary N) is 2. The molecule has 2 aromatic heterocycles. The monoisotopic (exact) mass is 285 g/mol. The number of aromatic nitrogens is 3. The average molecular weight is 285 g/mol. The van der Waals surface area contributed by atoms with Gasteiger partial charge in [0, 0.05) is 24.9 Å². The number of benzene rings is 1. The van der Waals surface area contributed by atoms with Crippen LogP contribution in [0.4, 0.5) is 5.82 Å². The number of aliphatic hydroxyl groups excluding tert-OH is 1. The summed E-state index contributed by atoms with van der Waals surface area (Å²) in [6.45, 7) is 0.695. The van der Waals surface area contributed by atoms with Crippen LogP contribution in [-0.2, 0) is 13.0 Å². The van der Waals surface area contributed by atoms with Crippen molar-refractivity contribution in [2.24, 2.45) is 5.73 Å². The number of nitrogens with zero attached hydrogens (tertiary/aromatic N) is 2. The Labute approximate surface area is 122 Å². The molecule has 6 nitrogen and oxygen atoms in total. The van der Waals surface area contributed by atoms with Gasteiger partial charge in [-0.05, 0) is 12.0 Å². The van der Waals surface area contributed by atoms with Crippen LogP contribution in [0.1, 0.15) is 11.1 Å². The van der Waals surface area contributed by atoms with Gasteiger partial charge < -0.3 is 21.6 Å². The second kappa shape index (κ2) is 7.37. The SMILES string of the molecule is NCc1c[nH]c2c(N)ncnc12.OCCc1ccccc1. The first-order chi connectivity index (χ1) is 10.3. The van der Waals surface area contributed by atoms with Crippen LogP contribution in [0, 0.1) is 0 Å². The van der Waals surface area contributed by atoms with Crippen LogP contribution in [0.5, 0.6) is 0 Å². The first kappa shape index (κ1) is 15.0. The molecule has 0 spiro atoms. The van der Waals surface area contributed by atoms with Gasteiger partial charge in [-0.15, -0.1) is 0 Å². The summed E-state index contributed by atoms with van der Waals surface area (Å²) >= 11 is 0. The van der Waals surface area contributed by atoms with Crippen molar-refractivity contribution in [1.82, 2.24) is 15.0 Å². The summed E-state index contributed by atoms with van der Waals surface area (Å²) in [5.74, 6) is 0.458. The maximum atomic E-state index is 8.52. The lowest BCUT2D eigenvalue weighted by molar-refractivity contribution is 0.299. The molecule has 0 aliphatic rings. The molecule has 6 N–H and O–H groups in total. The third-order valence-corrected chi connectivity index (χ3v) is 3.03. The van der Waals surface area contributed by atoms with E-state index in [-0.39, 0.29) is 6.61 Å². The third kappa shape index (κ3) is 3.77. The van der Waals surface area contributed by atoms with Gasteiger partial charge in [-0.3, -0.25) is 0 Å². The fraction of sp³-hybridized carbons (Fsp3) is 0.200. The molecule has 0 saturated carbocycles. The predicted molar refractivity (Wildman–Crippen MR) is 83.4 cm³/mol. The second-order valence-electron chi connectivity index (χ2n) is 4.46. The second-order valence-corrected chi connectivity index (χ2v) is 4.46. The van der Waals surface area contributed by atoms with Crippen LogP contribution in [0.25, 0.3) is 11.0 Å². The molecule has 0 unspecified atom stereocenters. The van der Waals surface area contributed by atoms with E-state index in [1.807, 2.05) is 30.3 Å². The quantitative estimate of drug-likeness (QED) is 0.578. The van der Waals surface area contributed by atoms with Crippen molar-refractivity contribution in [3.8, 4) is 0 Å². The van der Waals surface area contributed by atoms with E-state index in [9.17, 15) is 0 Å². The molecule has 0 saturated heterocycles. The maximum Gasteiger partial charge on any atom is 0.151 e. The molecule has 110 valence electrons. The first-order valence-electron chi connectivity index (χ1n) is 6.67. The summed E-state index contributed by atoms with van der Waals surface area (Å²) in [4.78, 5) is 10.9. The van der Waals surface area contributed by atoms with Crippen molar-refractivity contribution >= 4 is 16.9 Å². The number of aliphatic hydroxyl groups is 1. The molecule has 0 aliphatic heterocycles. The lowest BCUT2D eigenvalue weighted by atomic mass is 10.2. The smallest absolute Gasteiger partial charge is 0.151 e. The summed E-state index contributed by atoms with van der Waals surface area (Å²) in [6.07, 6.45) is 4.00. The number of hydrogen-bond acceptors (Lipinski definition) is 5. The number of rotatable bonds is 3. The first-order valence-corrected chi connectivity index (χ1v) is 6.67. The summed E-state index contributed by atoms with van der Waals surface area (Å²) in [6, 6.07) is 9.95. The fourth-order valence-electron chi connectivity index (χ4n) is 1.94. The third-order valence-electron chi connectivity index (χ3n) is 3.03. The number of fused-ring (bicyclic) bond motifs is 1. The Morgan fingerprint density at radius 1 is 1.14 bits per heavy atom. The number of H-pyrrole nitrogens is 1. The van der Waals surface area contributed by atoms with Gasteiger partial charge in [0.1, 0.15) is 11.8 Å². The standard InChI is InChI=1S/C8H10O.C7H9N5/c9-7-6-8-4-2-1-3-5-8;8-1-4-2-10-6-5(4)11-3-12-7(6)9/h1-5,9H,6-7H2;2-3,10H,1,8H2,(H2,9,11,12). The van der Waals surface area contributed by atoms with Gasteiger partial charge in [-0.2, -0.15) is 0 Å². The van der Waals surface area contributed by atoms with Crippen molar-refractivity contribution in [2.75, 3.05) is 12.3 Å². The molecule has 0 radical (unpaired) electrons. The van der Waals surface area contributed by atoms with Crippen molar-refractivity contribution < 1.29 is 5.11 Å². The lowest BCUT2D eigenvalue weighted by Gasteiger charge is -1.94. The normalized spacial score (nSPS) is 10.2. The summed E-state index contributed by atoms with van der Waals surface area (Å²) < 4.78 is 0. The van der Waals surface area contributed by atoms with E-state index in [0.717, 1.165) is 23.0 Å². The average Bonchev–Trinajstić information content (AvgIpc) is 2.94. The van der Waals surface area contributed by atoms with Crippen LogP contribution in [-0.4, -0.2) is 26.7 Å². The topological polar surface area (TPSA) is 114 Å². The molecular formula is C15H19N5O. The van der Waals surface area contributed by atoms with Crippen LogP contribution in [0.15, 0.2) is 42.9 Å². The van der Waals surface area contributed by atoms with E-state index in [2.05, 4.69) is 15.0 Å². The van der Waals surface area contributed by atoms with E-state index in [1.165, 1.54) is 11.9 Å². The van der Waals surface area contributed by atoms with E-state index in [0.29, 0.717) is 12.4 Å². The van der Waals surface area contributed by atoms with E-state index in [1.54, 1.807) is 6.20 Å². The van der Waals surface area contributed by atoms with Crippen LogP contribution < -0.4 is 11.5 Å². The molecule has 2 heterocycles. The lowest BCUT2D eigenvalue weighted by Crippen LogP contribution is -1.96. The zero-order chi connectivity index (χ0) is 15.1. The Morgan fingerprint density at radius 3 is 2.57 bits per heavy atom. The van der Waals surface area contributed by atoms with E-state index in [4.69, 9.17) is 16.6 Å². The van der Waals surface area contributed by atoms with Gasteiger partial charge in [0.2, 0.25) is 0 Å². The van der Waals surface area contributed by atoms with Gasteiger partial charge in [-0.25, -0.2) is 9.97 Å². The molecule has 0 aliphatic carbocycles. The Kier molecular flexibility index (Phi) is 5.25. The number of hydrogen-bond donors (Lipinski definition) is 4. The van der Waals surface area contributed by atoms with Crippen molar-refractivity contribution in [3.63, 3.8) is 0 Å². The van der Waals surface area contributed by atoms with Crippen LogP contribution in [0.3, 0.4) is 0 Å². The fourth-order valence-corrected chi connectivity index (χ4v) is 1.94. The highest BCUT2D eigenvalue weighted by atomic mass is 16.2. The number of nitrogen functional groups attached to an aromatic ring is 1. The largest absolute Gasteiger partial charge is 0.396 e. The molecule has 0 fully saturated rings. The van der Waals surface area contributed by atoms with Crippen molar-refractivity contribution in [1.29, 1.82) is 0 Å². The van der Waals surface area contributed by atoms with Gasteiger partial charge in [0.25, 0.3) is 0 Å². The Morgan fingerprint density at radius 2 is 1.90 bits per heavy atom. The number of anilines is 1. The molecule has 0 bridgehead atoms. The highest BCUT2D eigenvalue weighted by Gasteiger charge is 2.05. The molecular weight excluding hydrogens is 266 g/mol. The Hall–Kier alpha value is -2.44. The molecule has 1 aromatic carbocycles. The number of nitrogens with one attached hydrogen (secondary N) is 1. The zero-order valence-corrected chi connectivity index (χ0v) is 11.7. The van der Waals surface area contributed by atoms with Gasteiger partial charge in [-0.1, -0.05) is 30.3 Å². The number of aromatic amines is 1. The highest BCUT2D eigenvalue weighted by Crippen LogP contribution is 2.17. The maximum absolute atomic E-state index is 8.52. The minimum Gasteiger partial charge on any atom is -0.396 e. The van der Waals surface area contributed by atoms with Gasteiger partial charge >= 0.3 is 0 Å². The van der Waals surface area contributed by atoms with Gasteiger partial charge in [0.15, 0.2) is 5.82 Å². The minimum atomic E-state index is 0.240. The molecule has 0 atom stereocenters. The summed E-state index contributed by atoms with van der Waals surface area (Å²) in [7, 11) is 0. The molecule has 3 aromatic rings. The molecule has 3 rings (SSSR count). The predicted octanol–water partition coefficient (Wildman–Crippen LogP) is 1.22. The molecule has 6 heteroatoms. The van der Waals surface area contributed by atoms with Gasteiger partial charge in [0.05, 0.1) is 5.52 Å². The minimum absolute atomic E-state index is 0.240. The molecule has 0 amide bonds. The van der Waals surface area contributed by atoms with Crippen LogP contribution in [0.2, 0.25) is 0 Å². The summed E-state index contributed by atoms with van der Waals surface area (Å²) in [5.41, 5.74) is 14.8. The zero-order valence-electron chi connectivity index (χ0n) is 11.7. The Balaban J connectivity index is 0.000000161. The summed E-state index contributed by atoms with van der Waals surface area (Å²) in [5, 5.41) is 8.52. The van der Waals surface area contributed by atoms with E-state index >= 15 is 0 Å². The Bertz CT molecular complexity index is 681. The van der Waals surface area contributed by atoms with E-state index < -0.39 is 0 Å². The molecule has 21 heavy (non-hydrogen) atoms. The van der Waals surface area contributed by atoms with Crippen LogP contribution >= 0.6 is 0 Å². The van der Waals surface area contributed by atoms with Crippen molar-refractivity contribution in [3.05, 3.63) is 54.0 Å².